The third kappa shape index (κ3) is 2.79. The molecule has 0 spiro atoms. The topological polar surface area (TPSA) is 15.3 Å². The molecule has 104 valence electrons. The van der Waals surface area contributed by atoms with Gasteiger partial charge in [-0.2, -0.15) is 0 Å². The van der Waals surface area contributed by atoms with E-state index in [4.69, 9.17) is 0 Å². The van der Waals surface area contributed by atoms with E-state index in [1.54, 1.807) is 5.56 Å². The van der Waals surface area contributed by atoms with Crippen LogP contribution < -0.4 is 10.2 Å². The number of likely N-dealkylation sites (N-methyl/N-ethyl adjacent to an activating group) is 1. The van der Waals surface area contributed by atoms with Crippen molar-refractivity contribution in [1.29, 1.82) is 0 Å². The van der Waals surface area contributed by atoms with Gasteiger partial charge in [0.15, 0.2) is 0 Å². The lowest BCUT2D eigenvalue weighted by Gasteiger charge is -2.31. The van der Waals surface area contributed by atoms with Crippen LogP contribution in [0.1, 0.15) is 37.3 Å². The molecule has 1 unspecified atom stereocenters. The normalized spacial score (nSPS) is 20.2. The molecule has 2 aliphatic rings. The Balaban J connectivity index is 1.68. The number of hydrogen-bond donors (Lipinski definition) is 1. The average Bonchev–Trinajstić information content (AvgIpc) is 2.76. The van der Waals surface area contributed by atoms with Crippen LogP contribution in [0.4, 0.5) is 5.69 Å². The van der Waals surface area contributed by atoms with E-state index in [9.17, 15) is 0 Å². The van der Waals surface area contributed by atoms with Crippen molar-refractivity contribution >= 4 is 5.69 Å². The van der Waals surface area contributed by atoms with Gasteiger partial charge in [0.1, 0.15) is 0 Å². The van der Waals surface area contributed by atoms with E-state index in [1.165, 1.54) is 50.0 Å². The van der Waals surface area contributed by atoms with Crippen LogP contribution in [0.2, 0.25) is 0 Å². The second-order valence-electron chi connectivity index (χ2n) is 6.35. The summed E-state index contributed by atoms with van der Waals surface area (Å²) in [6, 6.07) is 7.68. The summed E-state index contributed by atoms with van der Waals surface area (Å²) < 4.78 is 0. The smallest absolute Gasteiger partial charge is 0.0399 e. The summed E-state index contributed by atoms with van der Waals surface area (Å²) in [5, 5.41) is 3.32. The first kappa shape index (κ1) is 13.0. The van der Waals surface area contributed by atoms with Gasteiger partial charge in [-0.1, -0.05) is 18.6 Å². The average molecular weight is 258 g/mol. The van der Waals surface area contributed by atoms with Gasteiger partial charge in [-0.05, 0) is 62.8 Å². The molecule has 1 aliphatic carbocycles. The van der Waals surface area contributed by atoms with Crippen molar-refractivity contribution in [2.24, 2.45) is 5.92 Å². The van der Waals surface area contributed by atoms with Crippen LogP contribution in [0.5, 0.6) is 0 Å². The Morgan fingerprint density at radius 3 is 2.89 bits per heavy atom. The van der Waals surface area contributed by atoms with Gasteiger partial charge in [0.2, 0.25) is 0 Å². The molecule has 1 aromatic rings. The summed E-state index contributed by atoms with van der Waals surface area (Å²) in [6.45, 7) is 4.77. The highest BCUT2D eigenvalue weighted by atomic mass is 15.1. The maximum atomic E-state index is 3.32. The number of rotatable bonds is 5. The number of nitrogens with zero attached hydrogens (tertiary/aromatic N) is 1. The first-order chi connectivity index (χ1) is 9.26. The van der Waals surface area contributed by atoms with E-state index < -0.39 is 0 Å². The highest BCUT2D eigenvalue weighted by Crippen LogP contribution is 2.34. The minimum Gasteiger partial charge on any atom is -0.371 e. The Morgan fingerprint density at radius 2 is 2.21 bits per heavy atom. The van der Waals surface area contributed by atoms with Gasteiger partial charge in [0.05, 0.1) is 0 Å². The Hall–Kier alpha value is -1.02. The molecule has 1 aliphatic heterocycles. The van der Waals surface area contributed by atoms with Crippen molar-refractivity contribution in [2.75, 3.05) is 25.0 Å². The molecule has 1 N–H and O–H groups in total. The Kier molecular flexibility index (Phi) is 3.79. The molecule has 0 radical (unpaired) electrons. The van der Waals surface area contributed by atoms with Crippen LogP contribution in [-0.2, 0) is 12.8 Å². The van der Waals surface area contributed by atoms with Gasteiger partial charge in [0.25, 0.3) is 0 Å². The molecule has 1 fully saturated rings. The summed E-state index contributed by atoms with van der Waals surface area (Å²) in [4.78, 5) is 2.62. The molecule has 0 amide bonds. The van der Waals surface area contributed by atoms with Crippen LogP contribution in [0.25, 0.3) is 0 Å². The molecule has 0 aromatic heterocycles. The second-order valence-corrected chi connectivity index (χ2v) is 6.35. The molecule has 1 saturated carbocycles. The zero-order chi connectivity index (χ0) is 13.2. The van der Waals surface area contributed by atoms with Crippen LogP contribution in [0.15, 0.2) is 18.2 Å². The van der Waals surface area contributed by atoms with Crippen molar-refractivity contribution in [2.45, 2.75) is 45.1 Å². The standard InChI is InChI=1S/C17H26N2/c1-13(18-2)10-15-6-7-17-16(11-15)8-9-19(17)12-14-4-3-5-14/h6-7,11,13-14,18H,3-5,8-10,12H2,1-2H3. The number of hydrogen-bond acceptors (Lipinski definition) is 2. The van der Waals surface area contributed by atoms with Crippen molar-refractivity contribution in [1.82, 2.24) is 5.32 Å². The van der Waals surface area contributed by atoms with E-state index >= 15 is 0 Å². The second kappa shape index (κ2) is 5.54. The highest BCUT2D eigenvalue weighted by molar-refractivity contribution is 5.59. The summed E-state index contributed by atoms with van der Waals surface area (Å²) >= 11 is 0. The van der Waals surface area contributed by atoms with E-state index in [-0.39, 0.29) is 0 Å². The van der Waals surface area contributed by atoms with Crippen molar-refractivity contribution < 1.29 is 0 Å². The van der Waals surface area contributed by atoms with Crippen LogP contribution in [0.3, 0.4) is 0 Å². The molecular weight excluding hydrogens is 232 g/mol. The number of benzene rings is 1. The predicted molar refractivity (Wildman–Crippen MR) is 81.9 cm³/mol. The monoisotopic (exact) mass is 258 g/mol. The summed E-state index contributed by atoms with van der Waals surface area (Å²) in [5.74, 6) is 0.968. The summed E-state index contributed by atoms with van der Waals surface area (Å²) in [7, 11) is 2.04. The largest absolute Gasteiger partial charge is 0.371 e. The lowest BCUT2D eigenvalue weighted by Crippen LogP contribution is -2.31. The first-order valence-corrected chi connectivity index (χ1v) is 7.80. The molecular formula is C17H26N2. The minimum absolute atomic E-state index is 0.561. The predicted octanol–water partition coefficient (Wildman–Crippen LogP) is 3.00. The van der Waals surface area contributed by atoms with E-state index in [1.807, 2.05) is 7.05 Å². The molecule has 19 heavy (non-hydrogen) atoms. The van der Waals surface area contributed by atoms with E-state index in [2.05, 4.69) is 35.3 Å². The molecule has 2 nitrogen and oxygen atoms in total. The first-order valence-electron chi connectivity index (χ1n) is 7.80. The molecule has 0 bridgehead atoms. The molecule has 1 heterocycles. The Bertz CT molecular complexity index is 437. The van der Waals surface area contributed by atoms with Gasteiger partial charge in [-0.15, -0.1) is 0 Å². The number of nitrogens with one attached hydrogen (secondary N) is 1. The van der Waals surface area contributed by atoms with Crippen molar-refractivity contribution in [3.8, 4) is 0 Å². The van der Waals surface area contributed by atoms with E-state index in [0.29, 0.717) is 6.04 Å². The number of anilines is 1. The fraction of sp³-hybridized carbons (Fsp3) is 0.647. The third-order valence-electron chi connectivity index (χ3n) is 4.87. The Morgan fingerprint density at radius 1 is 1.37 bits per heavy atom. The lowest BCUT2D eigenvalue weighted by molar-refractivity contribution is 0.319. The zero-order valence-corrected chi connectivity index (χ0v) is 12.3. The minimum atomic E-state index is 0.561. The molecule has 2 heteroatoms. The Labute approximate surface area is 117 Å². The van der Waals surface area contributed by atoms with Crippen molar-refractivity contribution in [3.05, 3.63) is 29.3 Å². The quantitative estimate of drug-likeness (QED) is 0.873. The van der Waals surface area contributed by atoms with Gasteiger partial charge < -0.3 is 10.2 Å². The lowest BCUT2D eigenvalue weighted by atomic mass is 9.85. The maximum absolute atomic E-state index is 3.32. The van der Waals surface area contributed by atoms with Gasteiger partial charge in [-0.25, -0.2) is 0 Å². The van der Waals surface area contributed by atoms with E-state index in [0.717, 1.165) is 12.3 Å². The van der Waals surface area contributed by atoms with Gasteiger partial charge in [-0.3, -0.25) is 0 Å². The van der Waals surface area contributed by atoms with Crippen LogP contribution in [-0.4, -0.2) is 26.2 Å². The molecule has 1 atom stereocenters. The number of fused-ring (bicyclic) bond motifs is 1. The van der Waals surface area contributed by atoms with Crippen LogP contribution >= 0.6 is 0 Å². The molecule has 3 rings (SSSR count). The zero-order valence-electron chi connectivity index (χ0n) is 12.3. The highest BCUT2D eigenvalue weighted by Gasteiger charge is 2.25. The SMILES string of the molecule is CNC(C)Cc1ccc2c(c1)CCN2CC1CCC1. The van der Waals surface area contributed by atoms with Gasteiger partial charge in [0, 0.05) is 24.8 Å². The fourth-order valence-corrected chi connectivity index (χ4v) is 3.28. The van der Waals surface area contributed by atoms with Crippen LogP contribution in [0, 0.1) is 5.92 Å². The molecule has 1 aromatic carbocycles. The summed E-state index contributed by atoms with van der Waals surface area (Å²) in [6.07, 6.45) is 6.72. The van der Waals surface area contributed by atoms with Gasteiger partial charge >= 0.3 is 0 Å². The summed E-state index contributed by atoms with van der Waals surface area (Å²) in [5.41, 5.74) is 4.55. The van der Waals surface area contributed by atoms with Crippen molar-refractivity contribution in [3.63, 3.8) is 0 Å². The maximum Gasteiger partial charge on any atom is 0.0399 e. The third-order valence-corrected chi connectivity index (χ3v) is 4.87. The molecule has 0 saturated heterocycles. The fourth-order valence-electron chi connectivity index (χ4n) is 3.28.